The van der Waals surface area contributed by atoms with Crippen LogP contribution in [0.15, 0.2) is 18.2 Å². The highest BCUT2D eigenvalue weighted by Gasteiger charge is 2.14. The van der Waals surface area contributed by atoms with Crippen molar-refractivity contribution < 1.29 is 13.9 Å². The molecular weight excluding hydrogens is 219 g/mol. The lowest BCUT2D eigenvalue weighted by Crippen LogP contribution is -2.08. The second-order valence-electron chi connectivity index (χ2n) is 4.56. The average molecular weight is 238 g/mol. The van der Waals surface area contributed by atoms with Gasteiger partial charge in [-0.3, -0.25) is 0 Å². The molecule has 1 aromatic rings. The molecule has 2 rings (SSSR count). The summed E-state index contributed by atoms with van der Waals surface area (Å²) in [5.74, 6) is 0.0741. The minimum absolute atomic E-state index is 0.285. The molecule has 2 nitrogen and oxygen atoms in total. The second kappa shape index (κ2) is 6.01. The first-order valence-electron chi connectivity index (χ1n) is 6.26. The van der Waals surface area contributed by atoms with Crippen molar-refractivity contribution in [2.24, 2.45) is 0 Å². The van der Waals surface area contributed by atoms with Gasteiger partial charge < -0.3 is 9.47 Å². The number of aryl methyl sites for hydroxylation is 1. The molecule has 1 aromatic carbocycles. The molecule has 1 aliphatic heterocycles. The van der Waals surface area contributed by atoms with Crippen LogP contribution in [-0.4, -0.2) is 19.3 Å². The quantitative estimate of drug-likeness (QED) is 0.731. The zero-order valence-corrected chi connectivity index (χ0v) is 10.2. The van der Waals surface area contributed by atoms with Gasteiger partial charge in [0.05, 0.1) is 12.7 Å². The van der Waals surface area contributed by atoms with Gasteiger partial charge in [0.15, 0.2) is 11.6 Å². The molecule has 0 radical (unpaired) electrons. The molecule has 3 heteroatoms. The van der Waals surface area contributed by atoms with Crippen LogP contribution in [0.5, 0.6) is 5.75 Å². The topological polar surface area (TPSA) is 18.5 Å². The minimum Gasteiger partial charge on any atom is -0.491 e. The van der Waals surface area contributed by atoms with E-state index >= 15 is 0 Å². The molecule has 1 atom stereocenters. The summed E-state index contributed by atoms with van der Waals surface area (Å²) < 4.78 is 24.3. The van der Waals surface area contributed by atoms with E-state index < -0.39 is 0 Å². The highest BCUT2D eigenvalue weighted by Crippen LogP contribution is 2.20. The molecule has 0 aliphatic carbocycles. The molecule has 94 valence electrons. The van der Waals surface area contributed by atoms with Gasteiger partial charge >= 0.3 is 0 Å². The van der Waals surface area contributed by atoms with Crippen LogP contribution in [0, 0.1) is 12.7 Å². The van der Waals surface area contributed by atoms with Crippen molar-refractivity contribution in [1.82, 2.24) is 0 Å². The van der Waals surface area contributed by atoms with Crippen molar-refractivity contribution in [1.29, 1.82) is 0 Å². The van der Waals surface area contributed by atoms with E-state index in [9.17, 15) is 4.39 Å². The molecule has 0 amide bonds. The summed E-state index contributed by atoms with van der Waals surface area (Å²) in [5, 5.41) is 0. The highest BCUT2D eigenvalue weighted by atomic mass is 19.1. The Balaban J connectivity index is 1.72. The van der Waals surface area contributed by atoms with E-state index in [-0.39, 0.29) is 5.82 Å². The van der Waals surface area contributed by atoms with E-state index in [4.69, 9.17) is 9.47 Å². The Hall–Kier alpha value is -1.09. The van der Waals surface area contributed by atoms with E-state index in [1.165, 1.54) is 6.07 Å². The molecular formula is C14H19FO2. The van der Waals surface area contributed by atoms with Crippen LogP contribution >= 0.6 is 0 Å². The van der Waals surface area contributed by atoms with Crippen molar-refractivity contribution in [3.63, 3.8) is 0 Å². The van der Waals surface area contributed by atoms with Gasteiger partial charge in [-0.05, 0) is 50.3 Å². The van der Waals surface area contributed by atoms with Crippen LogP contribution in [-0.2, 0) is 4.74 Å². The summed E-state index contributed by atoms with van der Waals surface area (Å²) in [6, 6.07) is 4.93. The smallest absolute Gasteiger partial charge is 0.165 e. The van der Waals surface area contributed by atoms with Crippen molar-refractivity contribution >= 4 is 0 Å². The van der Waals surface area contributed by atoms with Gasteiger partial charge in [-0.2, -0.15) is 0 Å². The summed E-state index contributed by atoms with van der Waals surface area (Å²) in [7, 11) is 0. The van der Waals surface area contributed by atoms with E-state index in [2.05, 4.69) is 0 Å². The number of rotatable bonds is 5. The molecule has 1 aliphatic rings. The minimum atomic E-state index is -0.285. The van der Waals surface area contributed by atoms with Crippen molar-refractivity contribution in [3.05, 3.63) is 29.6 Å². The Labute approximate surface area is 102 Å². The van der Waals surface area contributed by atoms with Crippen LogP contribution < -0.4 is 4.74 Å². The summed E-state index contributed by atoms with van der Waals surface area (Å²) in [6.07, 6.45) is 4.63. The molecule has 0 aromatic heterocycles. The van der Waals surface area contributed by atoms with Crippen LogP contribution in [0.25, 0.3) is 0 Å². The molecule has 1 fully saturated rings. The lowest BCUT2D eigenvalue weighted by Gasteiger charge is -2.10. The summed E-state index contributed by atoms with van der Waals surface area (Å²) >= 11 is 0. The Morgan fingerprint density at radius 3 is 3.12 bits per heavy atom. The van der Waals surface area contributed by atoms with Crippen molar-refractivity contribution in [3.8, 4) is 5.75 Å². The maximum Gasteiger partial charge on any atom is 0.165 e. The monoisotopic (exact) mass is 238 g/mol. The van der Waals surface area contributed by atoms with Gasteiger partial charge in [-0.25, -0.2) is 4.39 Å². The molecule has 1 heterocycles. The summed E-state index contributed by atoms with van der Waals surface area (Å²) in [5.41, 5.74) is 1.01. The van der Waals surface area contributed by atoms with E-state index in [1.807, 2.05) is 6.92 Å². The number of hydrogen-bond donors (Lipinski definition) is 0. The molecule has 0 saturated carbocycles. The fraction of sp³-hybridized carbons (Fsp3) is 0.571. The van der Waals surface area contributed by atoms with Crippen LogP contribution in [0.3, 0.4) is 0 Å². The van der Waals surface area contributed by atoms with E-state index in [1.54, 1.807) is 12.1 Å². The predicted octanol–water partition coefficient (Wildman–Crippen LogP) is 3.47. The highest BCUT2D eigenvalue weighted by molar-refractivity contribution is 5.29. The maximum atomic E-state index is 13.3. The summed E-state index contributed by atoms with van der Waals surface area (Å²) in [6.45, 7) is 3.37. The standard InChI is InChI=1S/C14H19FO2/c1-11-6-7-13(15)14(10-11)17-9-3-5-12-4-2-8-16-12/h6-7,10,12H,2-5,8-9H2,1H3. The third-order valence-electron chi connectivity index (χ3n) is 3.04. The SMILES string of the molecule is Cc1ccc(F)c(OCCCC2CCCO2)c1. The summed E-state index contributed by atoms with van der Waals surface area (Å²) in [4.78, 5) is 0. The molecule has 1 unspecified atom stereocenters. The Morgan fingerprint density at radius 2 is 2.35 bits per heavy atom. The normalized spacial score (nSPS) is 19.5. The first kappa shape index (κ1) is 12.4. The van der Waals surface area contributed by atoms with E-state index in [0.29, 0.717) is 18.5 Å². The molecule has 0 N–H and O–H groups in total. The zero-order chi connectivity index (χ0) is 12.1. The van der Waals surface area contributed by atoms with Crippen LogP contribution in [0.1, 0.15) is 31.2 Å². The Bertz CT molecular complexity index is 359. The molecule has 0 bridgehead atoms. The fourth-order valence-electron chi connectivity index (χ4n) is 2.09. The van der Waals surface area contributed by atoms with Crippen molar-refractivity contribution in [2.45, 2.75) is 38.7 Å². The number of halogens is 1. The first-order chi connectivity index (χ1) is 8.25. The molecule has 0 spiro atoms. The first-order valence-corrected chi connectivity index (χ1v) is 6.26. The Morgan fingerprint density at radius 1 is 1.47 bits per heavy atom. The van der Waals surface area contributed by atoms with E-state index in [0.717, 1.165) is 37.9 Å². The zero-order valence-electron chi connectivity index (χ0n) is 10.2. The lowest BCUT2D eigenvalue weighted by molar-refractivity contribution is 0.0979. The van der Waals surface area contributed by atoms with Gasteiger partial charge in [0.2, 0.25) is 0 Å². The Kier molecular flexibility index (Phi) is 4.37. The van der Waals surface area contributed by atoms with Gasteiger partial charge in [-0.15, -0.1) is 0 Å². The third-order valence-corrected chi connectivity index (χ3v) is 3.04. The average Bonchev–Trinajstić information content (AvgIpc) is 2.82. The number of benzene rings is 1. The largest absolute Gasteiger partial charge is 0.491 e. The molecule has 1 saturated heterocycles. The van der Waals surface area contributed by atoms with Gasteiger partial charge in [0, 0.05) is 6.61 Å². The predicted molar refractivity (Wildman–Crippen MR) is 64.8 cm³/mol. The fourth-order valence-corrected chi connectivity index (χ4v) is 2.09. The molecule has 17 heavy (non-hydrogen) atoms. The lowest BCUT2D eigenvalue weighted by atomic mass is 10.1. The maximum absolute atomic E-state index is 13.3. The third kappa shape index (κ3) is 3.70. The van der Waals surface area contributed by atoms with Crippen LogP contribution in [0.2, 0.25) is 0 Å². The van der Waals surface area contributed by atoms with Crippen molar-refractivity contribution in [2.75, 3.05) is 13.2 Å². The number of ether oxygens (including phenoxy) is 2. The number of hydrogen-bond acceptors (Lipinski definition) is 2. The van der Waals surface area contributed by atoms with Crippen LogP contribution in [0.4, 0.5) is 4.39 Å². The second-order valence-corrected chi connectivity index (χ2v) is 4.56. The van der Waals surface area contributed by atoms with Gasteiger partial charge in [0.1, 0.15) is 0 Å². The van der Waals surface area contributed by atoms with Gasteiger partial charge in [0.25, 0.3) is 0 Å². The van der Waals surface area contributed by atoms with Gasteiger partial charge in [-0.1, -0.05) is 6.07 Å².